The molecule has 0 bridgehead atoms. The lowest BCUT2D eigenvalue weighted by atomic mass is 9.82. The van der Waals surface area contributed by atoms with Crippen molar-refractivity contribution < 1.29 is 0 Å². The fraction of sp³-hybridized carbons (Fsp3) is 0.108. The van der Waals surface area contributed by atoms with Crippen LogP contribution >= 0.6 is 0 Å². The Balaban J connectivity index is 0.00000468. The van der Waals surface area contributed by atoms with Gasteiger partial charge in [0.1, 0.15) is 0 Å². The number of rotatable bonds is 6. The highest BCUT2D eigenvalue weighted by Gasteiger charge is 2.39. The molecular formula is C65H52N2. The van der Waals surface area contributed by atoms with Crippen LogP contribution in [-0.2, 0) is 10.8 Å². The van der Waals surface area contributed by atoms with Crippen LogP contribution in [0.4, 0.5) is 17.1 Å². The molecule has 1 aromatic heterocycles. The van der Waals surface area contributed by atoms with E-state index in [1.165, 1.54) is 111 Å². The first kappa shape index (κ1) is 40.6. The molecule has 2 nitrogen and oxygen atoms in total. The second-order valence-electron chi connectivity index (χ2n) is 19.2. The number of para-hydroxylation sites is 2. The summed E-state index contributed by atoms with van der Waals surface area (Å²) in [6.07, 6.45) is 0. The first-order valence-electron chi connectivity index (χ1n) is 23.3. The third-order valence-corrected chi connectivity index (χ3v) is 15.0. The Morgan fingerprint density at radius 1 is 0.328 bits per heavy atom. The number of fused-ring (bicyclic) bond motifs is 10. The summed E-state index contributed by atoms with van der Waals surface area (Å²) in [5, 5.41) is 5.00. The molecule has 0 atom stereocenters. The summed E-state index contributed by atoms with van der Waals surface area (Å²) in [5.41, 5.74) is 22.6. The number of nitrogens with zero attached hydrogens (tertiary/aromatic N) is 2. The van der Waals surface area contributed by atoms with E-state index in [2.05, 4.69) is 256 Å². The van der Waals surface area contributed by atoms with Crippen molar-refractivity contribution in [1.29, 1.82) is 0 Å². The first-order chi connectivity index (χ1) is 32.3. The molecule has 67 heavy (non-hydrogen) atoms. The monoisotopic (exact) mass is 860 g/mol. The molecule has 0 spiro atoms. The third kappa shape index (κ3) is 5.89. The van der Waals surface area contributed by atoms with Crippen molar-refractivity contribution >= 4 is 49.6 Å². The summed E-state index contributed by atoms with van der Waals surface area (Å²) in [7, 11) is 0. The van der Waals surface area contributed by atoms with Gasteiger partial charge < -0.3 is 9.47 Å². The first-order valence-corrected chi connectivity index (χ1v) is 23.3. The normalized spacial score (nSPS) is 13.8. The van der Waals surface area contributed by atoms with Crippen LogP contribution in [0, 0.1) is 0 Å². The number of benzene rings is 10. The minimum Gasteiger partial charge on any atom is -0.310 e. The van der Waals surface area contributed by atoms with Crippen LogP contribution in [0.5, 0.6) is 0 Å². The summed E-state index contributed by atoms with van der Waals surface area (Å²) in [4.78, 5) is 2.47. The molecule has 1 heterocycles. The van der Waals surface area contributed by atoms with Gasteiger partial charge in [-0.3, -0.25) is 0 Å². The predicted octanol–water partition coefficient (Wildman–Crippen LogP) is 18.0. The molecule has 322 valence electrons. The largest absolute Gasteiger partial charge is 0.310 e. The van der Waals surface area contributed by atoms with Crippen molar-refractivity contribution in [2.75, 3.05) is 4.90 Å². The molecule has 0 radical (unpaired) electrons. The van der Waals surface area contributed by atoms with Gasteiger partial charge in [-0.15, -0.1) is 0 Å². The minimum absolute atomic E-state index is 0. The van der Waals surface area contributed by atoms with Crippen molar-refractivity contribution in [2.45, 2.75) is 46.0 Å². The number of aromatic nitrogens is 1. The second-order valence-corrected chi connectivity index (χ2v) is 19.2. The maximum atomic E-state index is 2.47. The summed E-state index contributed by atoms with van der Waals surface area (Å²) >= 11 is 0. The topological polar surface area (TPSA) is 8.17 Å². The highest BCUT2D eigenvalue weighted by molar-refractivity contribution is 6.11. The van der Waals surface area contributed by atoms with Crippen LogP contribution in [0.3, 0.4) is 0 Å². The molecule has 2 aliphatic carbocycles. The summed E-state index contributed by atoms with van der Waals surface area (Å²) in [6, 6.07) is 81.2. The SMILES string of the molecule is C.CC1(C)c2ccccc2-c2c(-c3ccc(N(c4ccc(-c5ccc(-n6c7ccccc7c7ccccc76)c6ccccc56)cc4)c4cccc5c4-c4ccccc4C5(C)C)cc3)cccc21. The zero-order valence-corrected chi connectivity index (χ0v) is 37.7. The molecule has 0 saturated heterocycles. The standard InChI is InChI=1S/C64H48N2.CH4/c1-63(2)53-24-11-7-21-51(53)61-46(23-15-26-55(61)63)42-33-37-44(38-34-42)65(60-30-16-27-56-62(60)52-22-8-12-25-54(52)64(56,3)4)43-35-31-41(32-36-43)45-39-40-59(48-18-6-5-17-47(45)48)66-57-28-13-9-19-49(57)50-20-10-14-29-58(50)66;/h5-40H,1-4H3;1H4. The van der Waals surface area contributed by atoms with E-state index in [0.717, 1.165) is 11.4 Å². The van der Waals surface area contributed by atoms with Crippen molar-refractivity contribution in [3.8, 4) is 50.2 Å². The van der Waals surface area contributed by atoms with Crippen molar-refractivity contribution in [3.05, 3.63) is 241 Å². The van der Waals surface area contributed by atoms with E-state index in [1.54, 1.807) is 0 Å². The summed E-state index contributed by atoms with van der Waals surface area (Å²) in [6.45, 7) is 9.44. The zero-order chi connectivity index (χ0) is 44.3. The van der Waals surface area contributed by atoms with Gasteiger partial charge in [-0.05, 0) is 115 Å². The lowest BCUT2D eigenvalue weighted by molar-refractivity contribution is 0.660. The molecule has 10 aromatic carbocycles. The van der Waals surface area contributed by atoms with Crippen LogP contribution in [0.1, 0.15) is 57.4 Å². The van der Waals surface area contributed by atoms with Gasteiger partial charge in [-0.25, -0.2) is 0 Å². The van der Waals surface area contributed by atoms with Gasteiger partial charge >= 0.3 is 0 Å². The molecule has 2 aliphatic rings. The highest BCUT2D eigenvalue weighted by atomic mass is 15.1. The van der Waals surface area contributed by atoms with Gasteiger partial charge in [0.25, 0.3) is 0 Å². The number of anilines is 3. The van der Waals surface area contributed by atoms with Gasteiger partial charge in [0, 0.05) is 43.9 Å². The maximum Gasteiger partial charge on any atom is 0.0543 e. The third-order valence-electron chi connectivity index (χ3n) is 15.0. The molecular weight excluding hydrogens is 809 g/mol. The molecule has 0 saturated carbocycles. The van der Waals surface area contributed by atoms with E-state index >= 15 is 0 Å². The molecule has 0 unspecified atom stereocenters. The van der Waals surface area contributed by atoms with Gasteiger partial charge in [-0.2, -0.15) is 0 Å². The molecule has 0 fully saturated rings. The molecule has 0 amide bonds. The molecule has 0 N–H and O–H groups in total. The van der Waals surface area contributed by atoms with E-state index in [9.17, 15) is 0 Å². The average molecular weight is 861 g/mol. The Kier molecular flexibility index (Phi) is 9.11. The fourth-order valence-electron chi connectivity index (χ4n) is 11.8. The Labute approximate surface area is 394 Å². The Bertz CT molecular complexity index is 3700. The van der Waals surface area contributed by atoms with Gasteiger partial charge in [0.15, 0.2) is 0 Å². The summed E-state index contributed by atoms with van der Waals surface area (Å²) in [5.74, 6) is 0. The Morgan fingerprint density at radius 3 is 1.36 bits per heavy atom. The molecule has 11 aromatic rings. The van der Waals surface area contributed by atoms with Gasteiger partial charge in [0.2, 0.25) is 0 Å². The van der Waals surface area contributed by atoms with E-state index in [4.69, 9.17) is 0 Å². The van der Waals surface area contributed by atoms with Crippen molar-refractivity contribution in [3.63, 3.8) is 0 Å². The van der Waals surface area contributed by atoms with Gasteiger partial charge in [-0.1, -0.05) is 205 Å². The van der Waals surface area contributed by atoms with E-state index in [0.29, 0.717) is 0 Å². The van der Waals surface area contributed by atoms with Crippen molar-refractivity contribution in [1.82, 2.24) is 4.57 Å². The second kappa shape index (κ2) is 15.1. The minimum atomic E-state index is -0.120. The lowest BCUT2D eigenvalue weighted by Gasteiger charge is -2.29. The Morgan fingerprint density at radius 2 is 0.761 bits per heavy atom. The van der Waals surface area contributed by atoms with Crippen LogP contribution < -0.4 is 4.90 Å². The van der Waals surface area contributed by atoms with Crippen LogP contribution in [0.2, 0.25) is 0 Å². The number of hydrogen-bond donors (Lipinski definition) is 0. The van der Waals surface area contributed by atoms with Crippen LogP contribution in [0.25, 0.3) is 82.8 Å². The summed E-state index contributed by atoms with van der Waals surface area (Å²) < 4.78 is 2.44. The number of hydrogen-bond acceptors (Lipinski definition) is 1. The quantitative estimate of drug-likeness (QED) is 0.162. The molecule has 0 aliphatic heterocycles. The lowest BCUT2D eigenvalue weighted by Crippen LogP contribution is -2.16. The van der Waals surface area contributed by atoms with Crippen molar-refractivity contribution in [2.24, 2.45) is 0 Å². The smallest absolute Gasteiger partial charge is 0.0543 e. The van der Waals surface area contributed by atoms with E-state index < -0.39 is 0 Å². The zero-order valence-electron chi connectivity index (χ0n) is 37.7. The fourth-order valence-corrected chi connectivity index (χ4v) is 11.8. The Hall–Kier alpha value is -7.94. The van der Waals surface area contributed by atoms with E-state index in [1.807, 2.05) is 0 Å². The highest BCUT2D eigenvalue weighted by Crippen LogP contribution is 2.55. The molecule has 2 heteroatoms. The maximum absolute atomic E-state index is 2.47. The molecule has 13 rings (SSSR count). The van der Waals surface area contributed by atoms with Gasteiger partial charge in [0.05, 0.1) is 22.4 Å². The van der Waals surface area contributed by atoms with E-state index in [-0.39, 0.29) is 18.3 Å². The predicted molar refractivity (Wildman–Crippen MR) is 286 cm³/mol. The van der Waals surface area contributed by atoms with Crippen LogP contribution in [0.15, 0.2) is 218 Å². The van der Waals surface area contributed by atoms with Crippen LogP contribution in [-0.4, -0.2) is 4.57 Å². The average Bonchev–Trinajstić information content (AvgIpc) is 3.91.